The topological polar surface area (TPSA) is 60.4 Å². The number of benzene rings is 3. The Morgan fingerprint density at radius 1 is 0.425 bits per heavy atom. The summed E-state index contributed by atoms with van der Waals surface area (Å²) in [5.74, 6) is 0. The first-order chi connectivity index (χ1) is 19.8. The highest BCUT2D eigenvalue weighted by Crippen LogP contribution is 2.36. The minimum absolute atomic E-state index is 0.893. The van der Waals surface area contributed by atoms with E-state index in [1.807, 2.05) is 24.5 Å². The van der Waals surface area contributed by atoms with E-state index in [9.17, 15) is 0 Å². The lowest BCUT2D eigenvalue weighted by atomic mass is 10.0. The third kappa shape index (κ3) is 2.87. The predicted octanol–water partition coefficient (Wildman–Crippen LogP) is 7.72. The zero-order valence-electron chi connectivity index (χ0n) is 21.2. The molecule has 0 unspecified atom stereocenters. The molecule has 0 saturated heterocycles. The minimum Gasteiger partial charge on any atom is -0.298 e. The van der Waals surface area contributed by atoms with Crippen LogP contribution in [0.3, 0.4) is 0 Å². The summed E-state index contributed by atoms with van der Waals surface area (Å²) < 4.78 is 4.36. The van der Waals surface area contributed by atoms with Crippen molar-refractivity contribution in [1.82, 2.24) is 28.7 Å². The Morgan fingerprint density at radius 2 is 0.850 bits per heavy atom. The van der Waals surface area contributed by atoms with Crippen LogP contribution in [0.15, 0.2) is 122 Å². The number of imidazole rings is 2. The first-order valence-electron chi connectivity index (χ1n) is 13.2. The van der Waals surface area contributed by atoms with E-state index in [1.165, 1.54) is 0 Å². The van der Waals surface area contributed by atoms with E-state index in [1.54, 1.807) is 0 Å². The number of para-hydroxylation sites is 2. The van der Waals surface area contributed by atoms with Gasteiger partial charge in [-0.1, -0.05) is 60.7 Å². The van der Waals surface area contributed by atoms with E-state index in [0.717, 1.165) is 77.4 Å². The number of nitrogens with zero attached hydrogens (tertiary/aromatic N) is 6. The van der Waals surface area contributed by atoms with Crippen molar-refractivity contribution in [1.29, 1.82) is 0 Å². The molecular weight excluding hydrogens is 492 g/mol. The van der Waals surface area contributed by atoms with Crippen molar-refractivity contribution >= 4 is 54.9 Å². The van der Waals surface area contributed by atoms with Gasteiger partial charge in [-0.25, -0.2) is 9.97 Å². The zero-order valence-corrected chi connectivity index (χ0v) is 21.2. The van der Waals surface area contributed by atoms with Gasteiger partial charge in [-0.2, -0.15) is 0 Å². The van der Waals surface area contributed by atoms with Crippen LogP contribution in [0, 0.1) is 0 Å². The molecule has 6 aromatic heterocycles. The highest BCUT2D eigenvalue weighted by molar-refractivity contribution is 6.11. The molecule has 0 aliphatic heterocycles. The summed E-state index contributed by atoms with van der Waals surface area (Å²) in [6, 6.07) is 33.2. The van der Waals surface area contributed by atoms with Gasteiger partial charge in [-0.05, 0) is 36.4 Å². The lowest BCUT2D eigenvalue weighted by Crippen LogP contribution is -1.91. The van der Waals surface area contributed by atoms with E-state index >= 15 is 0 Å². The van der Waals surface area contributed by atoms with E-state index in [4.69, 9.17) is 19.9 Å². The van der Waals surface area contributed by atoms with E-state index in [2.05, 4.69) is 106 Å². The fourth-order valence-corrected chi connectivity index (χ4v) is 6.07. The van der Waals surface area contributed by atoms with Crippen LogP contribution in [0.25, 0.3) is 77.4 Å². The normalized spacial score (nSPS) is 12.0. The predicted molar refractivity (Wildman–Crippen MR) is 160 cm³/mol. The molecule has 6 heteroatoms. The molecule has 6 heterocycles. The number of fused-ring (bicyclic) bond motifs is 12. The molecule has 0 radical (unpaired) electrons. The largest absolute Gasteiger partial charge is 0.298 e. The van der Waals surface area contributed by atoms with E-state index < -0.39 is 0 Å². The number of rotatable bonds is 2. The Kier molecular flexibility index (Phi) is 4.24. The summed E-state index contributed by atoms with van der Waals surface area (Å²) in [6.07, 6.45) is 7.95. The van der Waals surface area contributed by atoms with Crippen molar-refractivity contribution < 1.29 is 0 Å². The molecular formula is C34H20N6. The Labute approximate surface area is 227 Å². The van der Waals surface area contributed by atoms with Crippen molar-refractivity contribution in [2.75, 3.05) is 0 Å². The summed E-state index contributed by atoms with van der Waals surface area (Å²) in [6.45, 7) is 0. The second-order valence-electron chi connectivity index (χ2n) is 10.0. The molecule has 186 valence electrons. The van der Waals surface area contributed by atoms with Gasteiger partial charge in [0.2, 0.25) is 0 Å². The summed E-state index contributed by atoms with van der Waals surface area (Å²) in [5.41, 5.74) is 9.72. The fourth-order valence-electron chi connectivity index (χ4n) is 6.07. The number of pyridine rings is 4. The third-order valence-electron chi connectivity index (χ3n) is 7.83. The Hall–Kier alpha value is -5.62. The van der Waals surface area contributed by atoms with Crippen LogP contribution >= 0.6 is 0 Å². The molecule has 6 nitrogen and oxygen atoms in total. The molecule has 40 heavy (non-hydrogen) atoms. The summed E-state index contributed by atoms with van der Waals surface area (Å²) in [4.78, 5) is 19.8. The van der Waals surface area contributed by atoms with Crippen molar-refractivity contribution in [3.63, 3.8) is 0 Å². The molecule has 0 aliphatic carbocycles. The second kappa shape index (κ2) is 7.94. The van der Waals surface area contributed by atoms with Crippen LogP contribution in [0.1, 0.15) is 0 Å². The Balaban J connectivity index is 1.33. The van der Waals surface area contributed by atoms with Crippen LogP contribution < -0.4 is 0 Å². The SMILES string of the molecule is c1ccc(-c2cn3c4ccccc4c4ncccc4c3n2)c(-c2cn3c4ccccc4c4ncccc4c3n2)c1. The number of aromatic nitrogens is 6. The maximum absolute atomic E-state index is 5.18. The van der Waals surface area contributed by atoms with Gasteiger partial charge in [0.15, 0.2) is 0 Å². The van der Waals surface area contributed by atoms with E-state index in [-0.39, 0.29) is 0 Å². The first kappa shape index (κ1) is 21.3. The van der Waals surface area contributed by atoms with Crippen molar-refractivity contribution in [3.8, 4) is 22.5 Å². The van der Waals surface area contributed by atoms with Gasteiger partial charge in [0.25, 0.3) is 0 Å². The quantitative estimate of drug-likeness (QED) is 0.223. The van der Waals surface area contributed by atoms with Gasteiger partial charge < -0.3 is 0 Å². The first-order valence-corrected chi connectivity index (χ1v) is 13.2. The monoisotopic (exact) mass is 512 g/mol. The van der Waals surface area contributed by atoms with Gasteiger partial charge in [0, 0.05) is 57.5 Å². The van der Waals surface area contributed by atoms with Gasteiger partial charge in [0.1, 0.15) is 11.3 Å². The van der Waals surface area contributed by atoms with Crippen LogP contribution in [-0.4, -0.2) is 28.7 Å². The second-order valence-corrected chi connectivity index (χ2v) is 10.0. The Bertz CT molecular complexity index is 2130. The molecule has 0 fully saturated rings. The summed E-state index contributed by atoms with van der Waals surface area (Å²) >= 11 is 0. The lowest BCUT2D eigenvalue weighted by Gasteiger charge is -2.06. The van der Waals surface area contributed by atoms with Crippen LogP contribution in [-0.2, 0) is 0 Å². The highest BCUT2D eigenvalue weighted by Gasteiger charge is 2.18. The molecule has 0 aliphatic rings. The summed E-state index contributed by atoms with van der Waals surface area (Å²) in [7, 11) is 0. The molecule has 0 bridgehead atoms. The molecule has 0 N–H and O–H groups in total. The zero-order chi connectivity index (χ0) is 26.2. The van der Waals surface area contributed by atoms with Crippen LogP contribution in [0.5, 0.6) is 0 Å². The van der Waals surface area contributed by atoms with Crippen molar-refractivity contribution in [3.05, 3.63) is 122 Å². The van der Waals surface area contributed by atoms with Gasteiger partial charge in [0.05, 0.1) is 33.5 Å². The average molecular weight is 513 g/mol. The Morgan fingerprint density at radius 3 is 1.35 bits per heavy atom. The smallest absolute Gasteiger partial charge is 0.147 e. The van der Waals surface area contributed by atoms with Gasteiger partial charge in [-0.3, -0.25) is 18.8 Å². The van der Waals surface area contributed by atoms with Gasteiger partial charge >= 0.3 is 0 Å². The molecule has 3 aromatic carbocycles. The number of hydrogen-bond acceptors (Lipinski definition) is 4. The molecule has 9 rings (SSSR count). The maximum Gasteiger partial charge on any atom is 0.147 e. The van der Waals surface area contributed by atoms with Crippen LogP contribution in [0.2, 0.25) is 0 Å². The lowest BCUT2D eigenvalue weighted by molar-refractivity contribution is 1.26. The molecule has 0 atom stereocenters. The minimum atomic E-state index is 0.893. The standard InChI is InChI=1S/C34H20N6/c1-2-10-22(28-20-40-30-16-6-4-12-24(30)32-26(34(40)38-28)14-8-18-36-32)21(9-1)27-19-39-29-15-5-3-11-23(29)31-25(33(39)37-27)13-7-17-35-31/h1-20H. The van der Waals surface area contributed by atoms with E-state index in [0.29, 0.717) is 0 Å². The molecule has 9 aromatic rings. The third-order valence-corrected chi connectivity index (χ3v) is 7.83. The average Bonchev–Trinajstić information content (AvgIpc) is 3.68. The molecule has 0 spiro atoms. The van der Waals surface area contributed by atoms with Crippen molar-refractivity contribution in [2.45, 2.75) is 0 Å². The van der Waals surface area contributed by atoms with Crippen molar-refractivity contribution in [2.24, 2.45) is 0 Å². The van der Waals surface area contributed by atoms with Crippen LogP contribution in [0.4, 0.5) is 0 Å². The van der Waals surface area contributed by atoms with Gasteiger partial charge in [-0.15, -0.1) is 0 Å². The molecule has 0 saturated carbocycles. The fraction of sp³-hybridized carbons (Fsp3) is 0. The maximum atomic E-state index is 5.18. The summed E-state index contributed by atoms with van der Waals surface area (Å²) in [5, 5.41) is 4.28. The molecule has 0 amide bonds. The number of hydrogen-bond donors (Lipinski definition) is 0. The highest BCUT2D eigenvalue weighted by atomic mass is 15.0.